The molecule has 2 unspecified atom stereocenters. The number of carboxylic acids is 1. The van der Waals surface area contributed by atoms with Crippen LogP contribution in [-0.2, 0) is 11.2 Å². The molecule has 1 aliphatic rings. The molecule has 2 atom stereocenters. The van der Waals surface area contributed by atoms with Gasteiger partial charge in [-0.3, -0.25) is 4.79 Å². The first-order valence-electron chi connectivity index (χ1n) is 8.43. The predicted molar refractivity (Wildman–Crippen MR) is 69.0 cm³/mol. The Morgan fingerprint density at radius 1 is 1.32 bits per heavy atom. The van der Waals surface area contributed by atoms with E-state index in [9.17, 15) is 14.7 Å². The summed E-state index contributed by atoms with van der Waals surface area (Å²) in [4.78, 5) is 23.6. The van der Waals surface area contributed by atoms with E-state index < -0.39 is 42.1 Å². The summed E-state index contributed by atoms with van der Waals surface area (Å²) in [5.41, 5.74) is 0.00305. The lowest BCUT2D eigenvalue weighted by Gasteiger charge is -2.36. The number of likely N-dealkylation sites (tertiary alicyclic amines) is 1. The van der Waals surface area contributed by atoms with Gasteiger partial charge in [-0.05, 0) is 24.8 Å². The first-order chi connectivity index (χ1) is 11.1. The molecule has 102 valence electrons. The Balaban J connectivity index is 2.39. The Morgan fingerprint density at radius 2 is 2.00 bits per heavy atom. The van der Waals surface area contributed by atoms with Gasteiger partial charge in [0.2, 0.25) is 0 Å². The fourth-order valence-electron chi connectivity index (χ4n) is 2.33. The van der Waals surface area contributed by atoms with Gasteiger partial charge in [-0.2, -0.15) is 0 Å². The highest BCUT2D eigenvalue weighted by Gasteiger charge is 2.34. The molecule has 0 spiro atoms. The topological polar surface area (TPSA) is 77.8 Å². The third-order valence-electron chi connectivity index (χ3n) is 3.30. The quantitative estimate of drug-likeness (QED) is 0.879. The average molecular weight is 268 g/mol. The van der Waals surface area contributed by atoms with Crippen LogP contribution in [0.15, 0.2) is 30.2 Å². The monoisotopic (exact) mass is 268 g/mol. The number of hydrogen-bond acceptors (Lipinski definition) is 2. The van der Waals surface area contributed by atoms with Crippen LogP contribution in [-0.4, -0.2) is 39.8 Å². The van der Waals surface area contributed by atoms with Gasteiger partial charge >= 0.3 is 12.1 Å². The van der Waals surface area contributed by atoms with E-state index in [4.69, 9.17) is 12.0 Å². The smallest absolute Gasteiger partial charge is 0.407 e. The Kier molecular flexibility index (Phi) is 2.47. The second-order valence-corrected chi connectivity index (χ2v) is 4.50. The van der Waals surface area contributed by atoms with E-state index in [0.717, 1.165) is 4.90 Å². The van der Waals surface area contributed by atoms with Gasteiger partial charge < -0.3 is 15.1 Å². The summed E-state index contributed by atoms with van der Waals surface area (Å²) >= 11 is 0. The lowest BCUT2D eigenvalue weighted by atomic mass is 9.88. The van der Waals surface area contributed by atoms with Crippen molar-refractivity contribution in [3.8, 4) is 0 Å². The van der Waals surface area contributed by atoms with Crippen LogP contribution in [0.1, 0.15) is 25.3 Å². The van der Waals surface area contributed by atoms with E-state index in [0.29, 0.717) is 0 Å². The average Bonchev–Trinajstić information content (AvgIpc) is 2.54. The van der Waals surface area contributed by atoms with Crippen molar-refractivity contribution in [3.05, 3.63) is 35.8 Å². The molecule has 2 N–H and O–H groups in total. The van der Waals surface area contributed by atoms with Gasteiger partial charge in [-0.15, -0.1) is 0 Å². The van der Waals surface area contributed by atoms with Crippen LogP contribution in [0.3, 0.4) is 0 Å². The summed E-state index contributed by atoms with van der Waals surface area (Å²) in [5, 5.41) is 18.4. The maximum absolute atomic E-state index is 11.4. The van der Waals surface area contributed by atoms with Gasteiger partial charge in [-0.1, -0.05) is 30.2 Å². The van der Waals surface area contributed by atoms with E-state index in [1.165, 1.54) is 0 Å². The number of nitrogens with zero attached hydrogens (tertiary/aromatic N) is 1. The van der Waals surface area contributed by atoms with Crippen molar-refractivity contribution in [1.82, 2.24) is 4.90 Å². The number of benzene rings is 1. The molecular weight excluding hydrogens is 246 g/mol. The second-order valence-electron chi connectivity index (χ2n) is 4.50. The minimum absolute atomic E-state index is 0.00305. The number of piperidine rings is 1. The predicted octanol–water partition coefficient (Wildman–Crippen LogP) is 2.07. The van der Waals surface area contributed by atoms with E-state index in [1.54, 1.807) is 0 Å². The molecule has 19 heavy (non-hydrogen) atoms. The van der Waals surface area contributed by atoms with Crippen LogP contribution >= 0.6 is 0 Å². The second kappa shape index (κ2) is 5.73. The number of carboxylic acid groups (broad SMARTS) is 2. The van der Waals surface area contributed by atoms with Crippen LogP contribution in [0.25, 0.3) is 0 Å². The number of rotatable bonds is 3. The Labute approximate surface area is 118 Å². The number of hydrogen-bond donors (Lipinski definition) is 2. The van der Waals surface area contributed by atoms with E-state index in [-0.39, 0.29) is 43.5 Å². The molecule has 0 radical (unpaired) electrons. The standard InChI is InChI=1S/C14H17NO4/c16-13(17)11-6-7-15(14(18)19)12(9-11)8-10-4-2-1-3-5-10/h1-5,11-12H,6-9H2,(H,16,17)(H,18,19)/i1D,2D,3D,4D,5D. The van der Waals surface area contributed by atoms with E-state index >= 15 is 0 Å². The summed E-state index contributed by atoms with van der Waals surface area (Å²) < 4.78 is 38.7. The molecule has 1 aliphatic heterocycles. The molecular formula is C14H17NO4. The van der Waals surface area contributed by atoms with Crippen LogP contribution in [0.2, 0.25) is 0 Å². The SMILES string of the molecule is [2H]c1c([2H])c([2H])c(CC2CC(C(=O)O)CCN2C(=O)O)c([2H])c1[2H]. The zero-order valence-corrected chi connectivity index (χ0v) is 10.1. The third-order valence-corrected chi connectivity index (χ3v) is 3.30. The summed E-state index contributed by atoms with van der Waals surface area (Å²) in [6, 6.07) is -3.01. The van der Waals surface area contributed by atoms with E-state index in [2.05, 4.69) is 0 Å². The van der Waals surface area contributed by atoms with Crippen molar-refractivity contribution in [2.24, 2.45) is 5.92 Å². The zero-order valence-electron chi connectivity index (χ0n) is 15.1. The Bertz CT molecular complexity index is 667. The fraction of sp³-hybridized carbons (Fsp3) is 0.429. The van der Waals surface area contributed by atoms with Crippen LogP contribution < -0.4 is 0 Å². The molecule has 1 heterocycles. The maximum atomic E-state index is 11.4. The van der Waals surface area contributed by atoms with Gasteiger partial charge in [0.05, 0.1) is 12.8 Å². The third kappa shape index (κ3) is 3.24. The molecule has 1 saturated heterocycles. The normalized spacial score (nSPS) is 26.7. The first-order valence-corrected chi connectivity index (χ1v) is 5.93. The summed E-state index contributed by atoms with van der Waals surface area (Å²) in [6.07, 6.45) is -1.09. The molecule has 1 aromatic carbocycles. The van der Waals surface area contributed by atoms with Gasteiger partial charge in [-0.25, -0.2) is 4.79 Å². The molecule has 5 nitrogen and oxygen atoms in total. The van der Waals surface area contributed by atoms with Crippen LogP contribution in [0.5, 0.6) is 0 Å². The highest BCUT2D eigenvalue weighted by atomic mass is 16.4. The summed E-state index contributed by atoms with van der Waals surface area (Å²) in [7, 11) is 0. The molecule has 5 heteroatoms. The van der Waals surface area contributed by atoms with Gasteiger partial charge in [0, 0.05) is 12.6 Å². The maximum Gasteiger partial charge on any atom is 0.407 e. The molecule has 1 fully saturated rings. The minimum atomic E-state index is -1.21. The number of carbonyl (C=O) groups is 2. The van der Waals surface area contributed by atoms with Gasteiger partial charge in [0.15, 0.2) is 0 Å². The minimum Gasteiger partial charge on any atom is -0.481 e. The first kappa shape index (κ1) is 8.19. The molecule has 1 aromatic rings. The van der Waals surface area contributed by atoms with Crippen LogP contribution in [0, 0.1) is 5.92 Å². The fourth-order valence-corrected chi connectivity index (χ4v) is 2.33. The molecule has 0 saturated carbocycles. The lowest BCUT2D eigenvalue weighted by molar-refractivity contribution is -0.143. The van der Waals surface area contributed by atoms with Crippen LogP contribution in [0.4, 0.5) is 4.79 Å². The number of amides is 1. The molecule has 2 rings (SSSR count). The molecule has 1 amide bonds. The summed E-state index contributed by atoms with van der Waals surface area (Å²) in [6.45, 7) is 0.0373. The van der Waals surface area contributed by atoms with Gasteiger partial charge in [0.25, 0.3) is 0 Å². The Morgan fingerprint density at radius 3 is 2.58 bits per heavy atom. The van der Waals surface area contributed by atoms with Crippen molar-refractivity contribution in [2.45, 2.75) is 25.3 Å². The van der Waals surface area contributed by atoms with Crippen molar-refractivity contribution in [3.63, 3.8) is 0 Å². The van der Waals surface area contributed by atoms with Crippen molar-refractivity contribution < 1.29 is 26.7 Å². The highest BCUT2D eigenvalue weighted by Crippen LogP contribution is 2.25. The van der Waals surface area contributed by atoms with Crippen molar-refractivity contribution >= 4 is 12.1 Å². The largest absolute Gasteiger partial charge is 0.481 e. The highest BCUT2D eigenvalue weighted by molar-refractivity contribution is 5.71. The molecule has 0 aliphatic carbocycles. The summed E-state index contributed by atoms with van der Waals surface area (Å²) in [5.74, 6) is -1.73. The lowest BCUT2D eigenvalue weighted by Crippen LogP contribution is -2.47. The Hall–Kier alpha value is -2.04. The number of aliphatic carboxylic acids is 1. The van der Waals surface area contributed by atoms with E-state index in [1.807, 2.05) is 0 Å². The van der Waals surface area contributed by atoms with Gasteiger partial charge in [0.1, 0.15) is 0 Å². The van der Waals surface area contributed by atoms with Crippen molar-refractivity contribution in [1.29, 1.82) is 0 Å². The molecule has 0 bridgehead atoms. The zero-order chi connectivity index (χ0) is 18.2. The molecule has 0 aromatic heterocycles. The van der Waals surface area contributed by atoms with Crippen molar-refractivity contribution in [2.75, 3.05) is 6.54 Å².